The Balaban J connectivity index is 2.13. The summed E-state index contributed by atoms with van der Waals surface area (Å²) in [5.41, 5.74) is 5.82. The molecule has 2 rings (SSSR count). The van der Waals surface area contributed by atoms with E-state index in [2.05, 4.69) is 68.6 Å². The third kappa shape index (κ3) is 3.58. The number of aryl methyl sites for hydroxylation is 3. The van der Waals surface area contributed by atoms with Gasteiger partial charge >= 0.3 is 0 Å². The highest BCUT2D eigenvalue weighted by Crippen LogP contribution is 2.17. The molecule has 20 heavy (non-hydrogen) atoms. The maximum Gasteiger partial charge on any atom is 0.177 e. The van der Waals surface area contributed by atoms with E-state index in [4.69, 9.17) is 12.2 Å². The van der Waals surface area contributed by atoms with Crippen LogP contribution in [0.5, 0.6) is 0 Å². The van der Waals surface area contributed by atoms with Crippen molar-refractivity contribution in [3.63, 3.8) is 0 Å². The molecule has 0 atom stereocenters. The third-order valence-corrected chi connectivity index (χ3v) is 3.57. The van der Waals surface area contributed by atoms with E-state index in [1.165, 1.54) is 16.7 Å². The molecule has 0 aromatic heterocycles. The number of hydrogen-bond donors (Lipinski definition) is 1. The van der Waals surface area contributed by atoms with Crippen molar-refractivity contribution in [1.82, 2.24) is 0 Å². The summed E-state index contributed by atoms with van der Waals surface area (Å²) in [5, 5.41) is 3.99. The van der Waals surface area contributed by atoms with E-state index in [1.54, 1.807) is 0 Å². The smallest absolute Gasteiger partial charge is 0.177 e. The van der Waals surface area contributed by atoms with Crippen LogP contribution in [0.25, 0.3) is 0 Å². The summed E-state index contributed by atoms with van der Waals surface area (Å²) in [4.78, 5) is 1.98. The van der Waals surface area contributed by atoms with Crippen molar-refractivity contribution in [1.29, 1.82) is 0 Å². The molecule has 0 radical (unpaired) electrons. The lowest BCUT2D eigenvalue weighted by atomic mass is 10.1. The maximum absolute atomic E-state index is 5.47. The van der Waals surface area contributed by atoms with E-state index < -0.39 is 0 Å². The highest BCUT2D eigenvalue weighted by atomic mass is 32.1. The topological polar surface area (TPSA) is 15.3 Å². The van der Waals surface area contributed by atoms with Crippen molar-refractivity contribution in [3.8, 4) is 0 Å². The van der Waals surface area contributed by atoms with Crippen LogP contribution in [0.2, 0.25) is 0 Å². The molecule has 0 heterocycles. The van der Waals surface area contributed by atoms with Gasteiger partial charge in [0.1, 0.15) is 0 Å². The van der Waals surface area contributed by atoms with E-state index in [1.807, 2.05) is 11.9 Å². The first-order chi connectivity index (χ1) is 9.45. The number of rotatable bonds is 2. The largest absolute Gasteiger partial charge is 0.332 e. The zero-order valence-electron chi connectivity index (χ0n) is 12.4. The number of hydrogen-bond acceptors (Lipinski definition) is 1. The second-order valence-electron chi connectivity index (χ2n) is 5.20. The van der Waals surface area contributed by atoms with Gasteiger partial charge in [0.25, 0.3) is 0 Å². The van der Waals surface area contributed by atoms with Gasteiger partial charge in [-0.1, -0.05) is 23.8 Å². The predicted molar refractivity (Wildman–Crippen MR) is 91.7 cm³/mol. The molecule has 2 aromatic rings. The standard InChI is InChI=1S/C17H20N2S/c1-12-5-7-16(8-6-12)19(4)17(20)18-15-10-13(2)9-14(3)11-15/h5-11H,1-4H3,(H,18,20). The summed E-state index contributed by atoms with van der Waals surface area (Å²) in [7, 11) is 1.97. The summed E-state index contributed by atoms with van der Waals surface area (Å²) < 4.78 is 0. The molecule has 0 amide bonds. The molecule has 0 bridgehead atoms. The lowest BCUT2D eigenvalue weighted by molar-refractivity contribution is 1.27. The lowest BCUT2D eigenvalue weighted by Gasteiger charge is -2.21. The van der Waals surface area contributed by atoms with Gasteiger partial charge in [0.05, 0.1) is 0 Å². The molecular formula is C17H20N2S. The van der Waals surface area contributed by atoms with Gasteiger partial charge < -0.3 is 10.2 Å². The first kappa shape index (κ1) is 14.5. The fourth-order valence-corrected chi connectivity index (χ4v) is 2.36. The van der Waals surface area contributed by atoms with Gasteiger partial charge in [0, 0.05) is 18.4 Å². The Morgan fingerprint density at radius 1 is 0.900 bits per heavy atom. The Morgan fingerprint density at radius 3 is 2.00 bits per heavy atom. The minimum absolute atomic E-state index is 0.693. The predicted octanol–water partition coefficient (Wildman–Crippen LogP) is 4.45. The molecule has 0 spiro atoms. The molecule has 2 aromatic carbocycles. The molecule has 0 fully saturated rings. The van der Waals surface area contributed by atoms with Crippen molar-refractivity contribution < 1.29 is 0 Å². The Morgan fingerprint density at radius 2 is 1.45 bits per heavy atom. The van der Waals surface area contributed by atoms with Crippen LogP contribution in [0.3, 0.4) is 0 Å². The van der Waals surface area contributed by atoms with Crippen LogP contribution >= 0.6 is 12.2 Å². The minimum atomic E-state index is 0.693. The molecule has 104 valence electrons. The second-order valence-corrected chi connectivity index (χ2v) is 5.59. The summed E-state index contributed by atoms with van der Waals surface area (Å²) in [6.07, 6.45) is 0. The van der Waals surface area contributed by atoms with E-state index in [9.17, 15) is 0 Å². The molecule has 0 unspecified atom stereocenters. The van der Waals surface area contributed by atoms with E-state index in [0.717, 1.165) is 11.4 Å². The van der Waals surface area contributed by atoms with Gasteiger partial charge in [-0.2, -0.15) is 0 Å². The Labute approximate surface area is 126 Å². The Hall–Kier alpha value is -1.87. The summed E-state index contributed by atoms with van der Waals surface area (Å²) in [6, 6.07) is 14.7. The van der Waals surface area contributed by atoms with Crippen LogP contribution in [-0.4, -0.2) is 12.2 Å². The first-order valence-electron chi connectivity index (χ1n) is 6.65. The highest BCUT2D eigenvalue weighted by Gasteiger charge is 2.07. The van der Waals surface area contributed by atoms with Crippen molar-refractivity contribution >= 4 is 28.7 Å². The Bertz CT molecular complexity index is 597. The van der Waals surface area contributed by atoms with E-state index in [0.29, 0.717) is 5.11 Å². The number of anilines is 2. The van der Waals surface area contributed by atoms with Crippen LogP contribution in [0.1, 0.15) is 16.7 Å². The van der Waals surface area contributed by atoms with E-state index in [-0.39, 0.29) is 0 Å². The van der Waals surface area contributed by atoms with Crippen molar-refractivity contribution in [3.05, 3.63) is 59.2 Å². The molecule has 0 saturated carbocycles. The van der Waals surface area contributed by atoms with Crippen molar-refractivity contribution in [2.75, 3.05) is 17.3 Å². The quantitative estimate of drug-likeness (QED) is 0.820. The maximum atomic E-state index is 5.47. The van der Waals surface area contributed by atoms with Crippen LogP contribution in [-0.2, 0) is 0 Å². The molecular weight excluding hydrogens is 264 g/mol. The molecule has 0 aliphatic rings. The zero-order chi connectivity index (χ0) is 14.7. The van der Waals surface area contributed by atoms with Crippen molar-refractivity contribution in [2.45, 2.75) is 20.8 Å². The Kier molecular flexibility index (Phi) is 4.40. The number of nitrogens with zero attached hydrogens (tertiary/aromatic N) is 1. The average molecular weight is 284 g/mol. The monoisotopic (exact) mass is 284 g/mol. The summed E-state index contributed by atoms with van der Waals surface area (Å²) in [6.45, 7) is 6.26. The van der Waals surface area contributed by atoms with Crippen LogP contribution in [0.4, 0.5) is 11.4 Å². The van der Waals surface area contributed by atoms with Crippen molar-refractivity contribution in [2.24, 2.45) is 0 Å². The third-order valence-electron chi connectivity index (χ3n) is 3.20. The average Bonchev–Trinajstić information content (AvgIpc) is 2.37. The number of nitrogens with one attached hydrogen (secondary N) is 1. The molecule has 0 aliphatic carbocycles. The number of thiocarbonyl (C=S) groups is 1. The summed E-state index contributed by atoms with van der Waals surface area (Å²) >= 11 is 5.47. The second kappa shape index (κ2) is 6.06. The lowest BCUT2D eigenvalue weighted by Crippen LogP contribution is -2.30. The molecule has 2 nitrogen and oxygen atoms in total. The minimum Gasteiger partial charge on any atom is -0.332 e. The van der Waals surface area contributed by atoms with Crippen LogP contribution in [0.15, 0.2) is 42.5 Å². The van der Waals surface area contributed by atoms with Gasteiger partial charge in [0.2, 0.25) is 0 Å². The SMILES string of the molecule is Cc1ccc(N(C)C(=S)Nc2cc(C)cc(C)c2)cc1. The van der Waals surface area contributed by atoms with Crippen LogP contribution < -0.4 is 10.2 Å². The molecule has 0 aliphatic heterocycles. The first-order valence-corrected chi connectivity index (χ1v) is 7.06. The number of benzene rings is 2. The van der Waals surface area contributed by atoms with E-state index >= 15 is 0 Å². The molecule has 0 saturated heterocycles. The zero-order valence-corrected chi connectivity index (χ0v) is 13.2. The van der Waals surface area contributed by atoms with Gasteiger partial charge in [0.15, 0.2) is 5.11 Å². The fraction of sp³-hybridized carbons (Fsp3) is 0.235. The van der Waals surface area contributed by atoms with Gasteiger partial charge in [-0.15, -0.1) is 0 Å². The van der Waals surface area contributed by atoms with Gasteiger partial charge in [-0.3, -0.25) is 0 Å². The molecule has 3 heteroatoms. The molecule has 1 N–H and O–H groups in total. The van der Waals surface area contributed by atoms with Crippen LogP contribution in [0, 0.1) is 20.8 Å². The van der Waals surface area contributed by atoms with Gasteiger partial charge in [-0.25, -0.2) is 0 Å². The summed E-state index contributed by atoms with van der Waals surface area (Å²) in [5.74, 6) is 0. The normalized spacial score (nSPS) is 10.2. The fourth-order valence-electron chi connectivity index (χ4n) is 2.14. The van der Waals surface area contributed by atoms with Gasteiger partial charge in [-0.05, 0) is 68.4 Å². The highest BCUT2D eigenvalue weighted by molar-refractivity contribution is 7.80.